The Morgan fingerprint density at radius 3 is 2.80 bits per heavy atom. The summed E-state index contributed by atoms with van der Waals surface area (Å²) in [4.78, 5) is 17.6. The summed E-state index contributed by atoms with van der Waals surface area (Å²) in [6, 6.07) is 8.12. The number of likely N-dealkylation sites (tertiary alicyclic amines) is 2. The number of aromatic nitrogens is 4. The van der Waals surface area contributed by atoms with E-state index in [-0.39, 0.29) is 18.5 Å². The van der Waals surface area contributed by atoms with E-state index in [1.54, 1.807) is 11.8 Å². The molecule has 1 aromatic carbocycles. The van der Waals surface area contributed by atoms with E-state index in [0.717, 1.165) is 62.0 Å². The Kier molecular flexibility index (Phi) is 6.62. The first-order valence-electron chi connectivity index (χ1n) is 11.0. The maximum absolute atomic E-state index is 13.3. The number of tetrazole rings is 1. The highest BCUT2D eigenvalue weighted by atomic mass is 16.5. The molecular weight excluding hydrogens is 380 g/mol. The molecule has 8 heteroatoms. The minimum absolute atomic E-state index is 0.0725. The molecule has 162 valence electrons. The SMILES string of the molecule is COc1cccc([C@H]2CCCCN2C(=O)Cn2nnnc2CN2CCC(C)CC2)c1. The molecule has 0 bridgehead atoms. The lowest BCUT2D eigenvalue weighted by Crippen LogP contribution is -2.41. The van der Waals surface area contributed by atoms with Crippen LogP contribution in [0.15, 0.2) is 24.3 Å². The average molecular weight is 413 g/mol. The van der Waals surface area contributed by atoms with Gasteiger partial charge in [0, 0.05) is 6.54 Å². The first-order valence-corrected chi connectivity index (χ1v) is 11.0. The Labute approximate surface area is 178 Å². The average Bonchev–Trinajstić information content (AvgIpc) is 3.21. The monoisotopic (exact) mass is 412 g/mol. The van der Waals surface area contributed by atoms with Gasteiger partial charge >= 0.3 is 0 Å². The van der Waals surface area contributed by atoms with E-state index in [2.05, 4.69) is 33.4 Å². The minimum Gasteiger partial charge on any atom is -0.497 e. The summed E-state index contributed by atoms with van der Waals surface area (Å²) < 4.78 is 7.06. The zero-order chi connectivity index (χ0) is 20.9. The normalized spacial score (nSPS) is 21.0. The molecule has 1 atom stereocenters. The zero-order valence-electron chi connectivity index (χ0n) is 18.0. The number of hydrogen-bond acceptors (Lipinski definition) is 6. The third-order valence-corrected chi connectivity index (χ3v) is 6.43. The van der Waals surface area contributed by atoms with Crippen molar-refractivity contribution in [1.82, 2.24) is 30.0 Å². The van der Waals surface area contributed by atoms with Gasteiger partial charge in [0.1, 0.15) is 12.3 Å². The summed E-state index contributed by atoms with van der Waals surface area (Å²) in [7, 11) is 1.67. The van der Waals surface area contributed by atoms with Gasteiger partial charge in [-0.1, -0.05) is 19.1 Å². The van der Waals surface area contributed by atoms with Crippen molar-refractivity contribution in [2.45, 2.75) is 58.2 Å². The molecule has 1 amide bonds. The quantitative estimate of drug-likeness (QED) is 0.726. The standard InChI is InChI=1S/C22H32N6O2/c1-17-9-12-26(13-10-17)15-21-23-24-25-28(21)16-22(29)27-11-4-3-8-20(27)18-6-5-7-19(14-18)30-2/h5-7,14,17,20H,3-4,8-13,15-16H2,1-2H3/t20-/m1/s1. The van der Waals surface area contributed by atoms with Crippen LogP contribution in [0.2, 0.25) is 0 Å². The number of nitrogens with zero attached hydrogens (tertiary/aromatic N) is 6. The van der Waals surface area contributed by atoms with E-state index in [0.29, 0.717) is 6.54 Å². The van der Waals surface area contributed by atoms with E-state index < -0.39 is 0 Å². The van der Waals surface area contributed by atoms with Gasteiger partial charge in [0.25, 0.3) is 0 Å². The largest absolute Gasteiger partial charge is 0.497 e. The lowest BCUT2D eigenvalue weighted by molar-refractivity contribution is -0.136. The highest BCUT2D eigenvalue weighted by molar-refractivity contribution is 5.76. The minimum atomic E-state index is 0.0725. The van der Waals surface area contributed by atoms with Crippen LogP contribution in [-0.4, -0.2) is 62.7 Å². The van der Waals surface area contributed by atoms with Gasteiger partial charge in [-0.3, -0.25) is 9.69 Å². The number of carbonyl (C=O) groups is 1. The highest BCUT2D eigenvalue weighted by Gasteiger charge is 2.29. The van der Waals surface area contributed by atoms with Crippen LogP contribution in [0.1, 0.15) is 56.5 Å². The van der Waals surface area contributed by atoms with Crippen LogP contribution in [0.4, 0.5) is 0 Å². The Bertz CT molecular complexity index is 846. The fraction of sp³-hybridized carbons (Fsp3) is 0.636. The molecule has 0 aliphatic carbocycles. The van der Waals surface area contributed by atoms with Crippen molar-refractivity contribution >= 4 is 5.91 Å². The van der Waals surface area contributed by atoms with E-state index in [1.165, 1.54) is 12.8 Å². The molecule has 2 aromatic rings. The number of hydrogen-bond donors (Lipinski definition) is 0. The van der Waals surface area contributed by atoms with E-state index >= 15 is 0 Å². The molecule has 4 rings (SSSR count). The number of methoxy groups -OCH3 is 1. The second kappa shape index (κ2) is 9.55. The summed E-state index contributed by atoms with van der Waals surface area (Å²) in [6.45, 7) is 6.08. The van der Waals surface area contributed by atoms with Crippen LogP contribution >= 0.6 is 0 Å². The summed E-state index contributed by atoms with van der Waals surface area (Å²) in [5.74, 6) is 2.45. The molecule has 8 nitrogen and oxygen atoms in total. The van der Waals surface area contributed by atoms with Gasteiger partial charge in [0.2, 0.25) is 5.91 Å². The molecule has 2 saturated heterocycles. The number of carbonyl (C=O) groups excluding carboxylic acids is 1. The van der Waals surface area contributed by atoms with Crippen molar-refractivity contribution in [3.63, 3.8) is 0 Å². The van der Waals surface area contributed by atoms with Gasteiger partial charge in [0.15, 0.2) is 5.82 Å². The Morgan fingerprint density at radius 2 is 2.00 bits per heavy atom. The molecule has 30 heavy (non-hydrogen) atoms. The first-order chi connectivity index (χ1) is 14.6. The molecule has 0 spiro atoms. The zero-order valence-corrected chi connectivity index (χ0v) is 18.0. The molecule has 0 N–H and O–H groups in total. The molecule has 0 radical (unpaired) electrons. The van der Waals surface area contributed by atoms with Gasteiger partial charge in [-0.05, 0) is 79.2 Å². The lowest BCUT2D eigenvalue weighted by atomic mass is 9.95. The third kappa shape index (κ3) is 4.80. The molecule has 1 aromatic heterocycles. The molecule has 2 aliphatic heterocycles. The van der Waals surface area contributed by atoms with Gasteiger partial charge in [0.05, 0.1) is 19.7 Å². The number of amides is 1. The molecule has 0 saturated carbocycles. The summed E-state index contributed by atoms with van der Waals surface area (Å²) in [5.41, 5.74) is 1.13. The summed E-state index contributed by atoms with van der Waals surface area (Å²) >= 11 is 0. The van der Waals surface area contributed by atoms with Gasteiger partial charge < -0.3 is 9.64 Å². The maximum atomic E-state index is 13.3. The predicted molar refractivity (Wildman–Crippen MR) is 113 cm³/mol. The van der Waals surface area contributed by atoms with Crippen molar-refractivity contribution in [2.24, 2.45) is 5.92 Å². The maximum Gasteiger partial charge on any atom is 0.244 e. The van der Waals surface area contributed by atoms with Crippen LogP contribution in [0, 0.1) is 5.92 Å². The van der Waals surface area contributed by atoms with Crippen molar-refractivity contribution in [1.29, 1.82) is 0 Å². The van der Waals surface area contributed by atoms with Crippen molar-refractivity contribution < 1.29 is 9.53 Å². The molecule has 2 aliphatic rings. The first kappa shape index (κ1) is 20.8. The number of benzene rings is 1. The van der Waals surface area contributed by atoms with E-state index in [1.807, 2.05) is 23.1 Å². The topological polar surface area (TPSA) is 76.4 Å². The molecule has 0 unspecified atom stereocenters. The van der Waals surface area contributed by atoms with Gasteiger partial charge in [-0.15, -0.1) is 5.10 Å². The van der Waals surface area contributed by atoms with Crippen LogP contribution < -0.4 is 4.74 Å². The van der Waals surface area contributed by atoms with Crippen LogP contribution in [0.5, 0.6) is 5.75 Å². The van der Waals surface area contributed by atoms with E-state index in [9.17, 15) is 4.79 Å². The fourth-order valence-electron chi connectivity index (χ4n) is 4.52. The predicted octanol–water partition coefficient (Wildman–Crippen LogP) is 2.67. The second-order valence-corrected chi connectivity index (χ2v) is 8.59. The van der Waals surface area contributed by atoms with E-state index in [4.69, 9.17) is 4.74 Å². The second-order valence-electron chi connectivity index (χ2n) is 8.59. The van der Waals surface area contributed by atoms with Gasteiger partial charge in [-0.2, -0.15) is 0 Å². The molecular formula is C22H32N6O2. The number of rotatable bonds is 6. The van der Waals surface area contributed by atoms with Crippen molar-refractivity contribution in [3.8, 4) is 5.75 Å². The summed E-state index contributed by atoms with van der Waals surface area (Å²) in [5, 5.41) is 12.2. The number of ether oxygens (including phenoxy) is 1. The Balaban J connectivity index is 1.44. The van der Waals surface area contributed by atoms with Crippen LogP contribution in [0.25, 0.3) is 0 Å². The smallest absolute Gasteiger partial charge is 0.244 e. The van der Waals surface area contributed by atoms with Crippen molar-refractivity contribution in [2.75, 3.05) is 26.7 Å². The lowest BCUT2D eigenvalue weighted by Gasteiger charge is -2.36. The number of piperidine rings is 2. The summed E-state index contributed by atoms with van der Waals surface area (Å²) in [6.07, 6.45) is 5.52. The van der Waals surface area contributed by atoms with Gasteiger partial charge in [-0.25, -0.2) is 4.68 Å². The van der Waals surface area contributed by atoms with Crippen molar-refractivity contribution in [3.05, 3.63) is 35.7 Å². The van der Waals surface area contributed by atoms with Crippen LogP contribution in [0.3, 0.4) is 0 Å². The van der Waals surface area contributed by atoms with Crippen LogP contribution in [-0.2, 0) is 17.9 Å². The Morgan fingerprint density at radius 1 is 1.17 bits per heavy atom. The molecule has 2 fully saturated rings. The fourth-order valence-corrected chi connectivity index (χ4v) is 4.52. The highest BCUT2D eigenvalue weighted by Crippen LogP contribution is 2.32. The molecule has 3 heterocycles. The third-order valence-electron chi connectivity index (χ3n) is 6.43. The Hall–Kier alpha value is -2.48.